The molecule has 0 aromatic heterocycles. The third-order valence-corrected chi connectivity index (χ3v) is 3.89. The highest BCUT2D eigenvalue weighted by Gasteiger charge is 2.49. The quantitative estimate of drug-likeness (QED) is 0.862. The minimum Gasteiger partial charge on any atom is -0.319 e. The van der Waals surface area contributed by atoms with Crippen LogP contribution in [0.2, 0.25) is 0 Å². The molecule has 5 nitrogen and oxygen atoms in total. The monoisotopic (exact) mass is 285 g/mol. The maximum absolute atomic E-state index is 12.6. The fourth-order valence-electron chi connectivity index (χ4n) is 2.45. The average Bonchev–Trinajstić information content (AvgIpc) is 2.71. The lowest BCUT2D eigenvalue weighted by Crippen LogP contribution is -2.41. The summed E-state index contributed by atoms with van der Waals surface area (Å²) in [5, 5.41) is 11.6. The third kappa shape index (κ3) is 2.62. The van der Waals surface area contributed by atoms with Gasteiger partial charge in [0.05, 0.1) is 12.0 Å². The van der Waals surface area contributed by atoms with E-state index in [2.05, 4.69) is 12.2 Å². The Hall–Kier alpha value is -2.35. The van der Waals surface area contributed by atoms with Crippen molar-refractivity contribution in [1.29, 1.82) is 5.26 Å². The van der Waals surface area contributed by atoms with Crippen molar-refractivity contribution in [1.82, 2.24) is 10.2 Å². The van der Waals surface area contributed by atoms with Crippen LogP contribution in [0, 0.1) is 17.2 Å². The Bertz CT molecular complexity index is 603. The number of nitriles is 1. The highest BCUT2D eigenvalue weighted by Crippen LogP contribution is 2.29. The van der Waals surface area contributed by atoms with E-state index >= 15 is 0 Å². The largest absolute Gasteiger partial charge is 0.325 e. The van der Waals surface area contributed by atoms with Crippen LogP contribution in [-0.2, 0) is 16.8 Å². The van der Waals surface area contributed by atoms with Crippen LogP contribution in [0.25, 0.3) is 0 Å². The van der Waals surface area contributed by atoms with Crippen LogP contribution in [-0.4, -0.2) is 23.4 Å². The Morgan fingerprint density at radius 1 is 1.33 bits per heavy atom. The van der Waals surface area contributed by atoms with Crippen molar-refractivity contribution < 1.29 is 9.59 Å². The van der Waals surface area contributed by atoms with Crippen molar-refractivity contribution in [2.75, 3.05) is 6.54 Å². The summed E-state index contributed by atoms with van der Waals surface area (Å²) in [6.07, 6.45) is 0.920. The van der Waals surface area contributed by atoms with Gasteiger partial charge in [-0.3, -0.25) is 9.69 Å². The van der Waals surface area contributed by atoms with Crippen molar-refractivity contribution >= 4 is 11.9 Å². The van der Waals surface area contributed by atoms with Gasteiger partial charge in [-0.15, -0.1) is 0 Å². The lowest BCUT2D eigenvalue weighted by molar-refractivity contribution is -0.131. The fraction of sp³-hybridized carbons (Fsp3) is 0.438. The van der Waals surface area contributed by atoms with Crippen molar-refractivity contribution in [3.63, 3.8) is 0 Å². The smallest absolute Gasteiger partial charge is 0.319 e. The molecule has 1 fully saturated rings. The first-order valence-corrected chi connectivity index (χ1v) is 7.05. The van der Waals surface area contributed by atoms with Gasteiger partial charge in [0.1, 0.15) is 5.54 Å². The first-order chi connectivity index (χ1) is 9.92. The highest BCUT2D eigenvalue weighted by molar-refractivity contribution is 6.07. The topological polar surface area (TPSA) is 73.2 Å². The summed E-state index contributed by atoms with van der Waals surface area (Å²) in [7, 11) is 0. The molecule has 0 aliphatic carbocycles. The maximum atomic E-state index is 12.6. The van der Waals surface area contributed by atoms with Crippen LogP contribution in [0.4, 0.5) is 4.79 Å². The summed E-state index contributed by atoms with van der Waals surface area (Å²) >= 11 is 0. The number of carbonyl (C=O) groups excluding carboxylic acids is 2. The first-order valence-electron chi connectivity index (χ1n) is 7.05. The third-order valence-electron chi connectivity index (χ3n) is 3.89. The van der Waals surface area contributed by atoms with Gasteiger partial charge in [-0.25, -0.2) is 4.79 Å². The molecule has 5 heteroatoms. The van der Waals surface area contributed by atoms with Gasteiger partial charge in [0, 0.05) is 6.54 Å². The molecule has 1 aliphatic rings. The van der Waals surface area contributed by atoms with E-state index in [0.717, 1.165) is 16.9 Å². The van der Waals surface area contributed by atoms with Gasteiger partial charge in [0.2, 0.25) is 0 Å². The Labute approximate surface area is 124 Å². The molecule has 1 aliphatic heterocycles. The average molecular weight is 285 g/mol. The van der Waals surface area contributed by atoms with Gasteiger partial charge in [0.15, 0.2) is 0 Å². The number of aryl methyl sites for hydroxylation is 1. The van der Waals surface area contributed by atoms with Gasteiger partial charge in [-0.05, 0) is 31.4 Å². The number of amides is 3. The van der Waals surface area contributed by atoms with E-state index < -0.39 is 11.6 Å². The second kappa shape index (κ2) is 5.57. The number of rotatable bonds is 4. The molecule has 2 atom stereocenters. The highest BCUT2D eigenvalue weighted by atomic mass is 16.2. The zero-order valence-electron chi connectivity index (χ0n) is 12.5. The number of imide groups is 1. The minimum absolute atomic E-state index is 0.115. The summed E-state index contributed by atoms with van der Waals surface area (Å²) in [5.41, 5.74) is 0.873. The summed E-state index contributed by atoms with van der Waals surface area (Å²) < 4.78 is 0. The minimum atomic E-state index is -1.06. The van der Waals surface area contributed by atoms with Crippen LogP contribution in [0.5, 0.6) is 0 Å². The van der Waals surface area contributed by atoms with Crippen LogP contribution in [0.3, 0.4) is 0 Å². The number of hydrogen-bond acceptors (Lipinski definition) is 3. The predicted molar refractivity (Wildman–Crippen MR) is 78.2 cm³/mol. The number of benzene rings is 1. The lowest BCUT2D eigenvalue weighted by Gasteiger charge is -2.22. The number of nitrogens with one attached hydrogen (secondary N) is 1. The predicted octanol–water partition coefficient (Wildman–Crippen LogP) is 2.18. The van der Waals surface area contributed by atoms with Crippen molar-refractivity contribution in [2.45, 2.75) is 32.7 Å². The Kier molecular flexibility index (Phi) is 3.99. The second-order valence-electron chi connectivity index (χ2n) is 5.55. The van der Waals surface area contributed by atoms with Crippen molar-refractivity contribution in [3.8, 4) is 6.07 Å². The first kappa shape index (κ1) is 15.0. The van der Waals surface area contributed by atoms with E-state index in [9.17, 15) is 9.59 Å². The Morgan fingerprint density at radius 2 is 1.95 bits per heavy atom. The molecular formula is C16H19N3O2. The molecule has 0 saturated carbocycles. The zero-order valence-corrected chi connectivity index (χ0v) is 12.5. The molecule has 2 unspecified atom stereocenters. The molecule has 1 aromatic carbocycles. The van der Waals surface area contributed by atoms with Crippen LogP contribution >= 0.6 is 0 Å². The molecule has 0 bridgehead atoms. The van der Waals surface area contributed by atoms with Gasteiger partial charge >= 0.3 is 6.03 Å². The van der Waals surface area contributed by atoms with Gasteiger partial charge in [0.25, 0.3) is 5.91 Å². The molecule has 0 spiro atoms. The second-order valence-corrected chi connectivity index (χ2v) is 5.55. The summed E-state index contributed by atoms with van der Waals surface area (Å²) in [4.78, 5) is 25.7. The molecule has 1 aromatic rings. The number of urea groups is 1. The SMILES string of the molecule is CCc1ccc(C2(C)NC(=O)N(CC(C)C#N)C2=O)cc1. The zero-order chi connectivity index (χ0) is 15.6. The Morgan fingerprint density at radius 3 is 2.48 bits per heavy atom. The standard InChI is InChI=1S/C16H19N3O2/c1-4-12-5-7-13(8-6-12)16(3)14(20)19(15(21)18-16)10-11(2)9-17/h5-8,11H,4,10H2,1-3H3,(H,18,21). The van der Waals surface area contributed by atoms with E-state index in [-0.39, 0.29) is 18.4 Å². The van der Waals surface area contributed by atoms with Crippen LogP contribution < -0.4 is 5.32 Å². The van der Waals surface area contributed by atoms with Crippen LogP contribution in [0.1, 0.15) is 31.9 Å². The summed E-state index contributed by atoms with van der Waals surface area (Å²) in [5.74, 6) is -0.691. The molecular weight excluding hydrogens is 266 g/mol. The molecule has 110 valence electrons. The number of nitrogens with zero attached hydrogens (tertiary/aromatic N) is 2. The van der Waals surface area contributed by atoms with Crippen LogP contribution in [0.15, 0.2) is 24.3 Å². The van der Waals surface area contributed by atoms with E-state index in [4.69, 9.17) is 5.26 Å². The summed E-state index contributed by atoms with van der Waals surface area (Å²) in [6, 6.07) is 9.26. The van der Waals surface area contributed by atoms with E-state index in [0.29, 0.717) is 0 Å². The molecule has 2 rings (SSSR count). The lowest BCUT2D eigenvalue weighted by atomic mass is 9.91. The molecule has 1 heterocycles. The summed E-state index contributed by atoms with van der Waals surface area (Å²) in [6.45, 7) is 5.56. The van der Waals surface area contributed by atoms with E-state index in [1.54, 1.807) is 13.8 Å². The fourth-order valence-corrected chi connectivity index (χ4v) is 2.45. The van der Waals surface area contributed by atoms with Crippen molar-refractivity contribution in [3.05, 3.63) is 35.4 Å². The van der Waals surface area contributed by atoms with E-state index in [1.165, 1.54) is 5.56 Å². The molecule has 1 N–H and O–H groups in total. The molecule has 1 saturated heterocycles. The van der Waals surface area contributed by atoms with E-state index in [1.807, 2.05) is 30.3 Å². The van der Waals surface area contributed by atoms with Gasteiger partial charge in [-0.1, -0.05) is 31.2 Å². The normalized spacial score (nSPS) is 22.9. The molecule has 0 radical (unpaired) electrons. The number of carbonyl (C=O) groups is 2. The maximum Gasteiger partial charge on any atom is 0.325 e. The van der Waals surface area contributed by atoms with Gasteiger partial charge in [-0.2, -0.15) is 5.26 Å². The van der Waals surface area contributed by atoms with Gasteiger partial charge < -0.3 is 5.32 Å². The molecule has 3 amide bonds. The van der Waals surface area contributed by atoms with Crippen molar-refractivity contribution in [2.24, 2.45) is 5.92 Å². The Balaban J connectivity index is 2.29. The molecule has 21 heavy (non-hydrogen) atoms. The number of hydrogen-bond donors (Lipinski definition) is 1.